The largest absolute Gasteiger partial charge is 0.351 e. The van der Waals surface area contributed by atoms with E-state index in [9.17, 15) is 4.39 Å². The van der Waals surface area contributed by atoms with Gasteiger partial charge in [-0.15, -0.1) is 0 Å². The van der Waals surface area contributed by atoms with Crippen LogP contribution in [0.2, 0.25) is 10.0 Å². The second-order valence-corrected chi connectivity index (χ2v) is 9.46. The van der Waals surface area contributed by atoms with Crippen molar-refractivity contribution >= 4 is 46.2 Å². The van der Waals surface area contributed by atoms with Crippen LogP contribution in [0, 0.1) is 19.7 Å². The van der Waals surface area contributed by atoms with Gasteiger partial charge in [-0.1, -0.05) is 29.3 Å². The molecule has 0 saturated carbocycles. The summed E-state index contributed by atoms with van der Waals surface area (Å²) < 4.78 is 15.8. The number of thiocarbonyl (C=S) groups is 1. The Hall–Kier alpha value is -2.93. The zero-order valence-electron chi connectivity index (χ0n) is 18.5. The number of rotatable bonds is 4. The molecule has 0 spiro atoms. The number of nitrogens with zero attached hydrogens (tertiary/aromatic N) is 3. The van der Waals surface area contributed by atoms with E-state index in [0.29, 0.717) is 15.2 Å². The van der Waals surface area contributed by atoms with Crippen LogP contribution in [0.4, 0.5) is 10.1 Å². The van der Waals surface area contributed by atoms with Crippen molar-refractivity contribution in [2.45, 2.75) is 25.9 Å². The highest BCUT2D eigenvalue weighted by Gasteiger charge is 2.42. The summed E-state index contributed by atoms with van der Waals surface area (Å²) in [5.41, 5.74) is 5.63. The fraction of sp³-hybridized carbons (Fsp3) is 0.154. The van der Waals surface area contributed by atoms with Crippen molar-refractivity contribution in [1.82, 2.24) is 14.9 Å². The van der Waals surface area contributed by atoms with Crippen molar-refractivity contribution < 1.29 is 4.39 Å². The van der Waals surface area contributed by atoms with Crippen LogP contribution in [-0.4, -0.2) is 14.7 Å². The quantitative estimate of drug-likeness (QED) is 0.296. The Morgan fingerprint density at radius 3 is 2.44 bits per heavy atom. The van der Waals surface area contributed by atoms with E-state index >= 15 is 0 Å². The molecule has 0 bridgehead atoms. The van der Waals surface area contributed by atoms with Crippen LogP contribution in [-0.2, 0) is 0 Å². The maximum absolute atomic E-state index is 13.7. The Labute approximate surface area is 213 Å². The molecule has 1 N–H and O–H groups in total. The van der Waals surface area contributed by atoms with E-state index in [4.69, 9.17) is 35.4 Å². The third kappa shape index (κ3) is 3.96. The minimum absolute atomic E-state index is 0.201. The maximum atomic E-state index is 13.7. The van der Waals surface area contributed by atoms with E-state index in [2.05, 4.69) is 27.9 Å². The number of pyridine rings is 1. The molecule has 2 aromatic carbocycles. The van der Waals surface area contributed by atoms with Crippen molar-refractivity contribution in [3.8, 4) is 5.69 Å². The average Bonchev–Trinajstić information content (AvgIpc) is 3.31. The average molecular weight is 511 g/mol. The first kappa shape index (κ1) is 22.8. The topological polar surface area (TPSA) is 33.1 Å². The number of hydrogen-bond acceptors (Lipinski definition) is 2. The lowest BCUT2D eigenvalue weighted by Gasteiger charge is -2.28. The van der Waals surface area contributed by atoms with Gasteiger partial charge in [0.25, 0.3) is 0 Å². The lowest BCUT2D eigenvalue weighted by Crippen LogP contribution is -2.29. The molecule has 34 heavy (non-hydrogen) atoms. The van der Waals surface area contributed by atoms with E-state index in [1.165, 1.54) is 12.1 Å². The molecule has 172 valence electrons. The molecular formula is C26H21Cl2FN4S. The molecule has 1 aliphatic heterocycles. The lowest BCUT2D eigenvalue weighted by atomic mass is 9.96. The minimum atomic E-state index is -0.296. The Balaban J connectivity index is 1.69. The van der Waals surface area contributed by atoms with E-state index in [-0.39, 0.29) is 17.9 Å². The number of aryl methyl sites for hydroxylation is 1. The van der Waals surface area contributed by atoms with E-state index in [1.54, 1.807) is 24.4 Å². The van der Waals surface area contributed by atoms with Crippen LogP contribution in [0.1, 0.15) is 34.7 Å². The first-order valence-corrected chi connectivity index (χ1v) is 11.9. The molecule has 5 rings (SSSR count). The van der Waals surface area contributed by atoms with Gasteiger partial charge in [0.15, 0.2) is 5.11 Å². The minimum Gasteiger partial charge on any atom is -0.351 e. The standard InChI is InChI=1S/C26H21Cl2FN4S/c1-15-13-20(16(2)32(15)23-11-6-17(27)14-21(23)28)25-24(22-5-3-4-12-30-22)31-26(34)33(25)19-9-7-18(29)8-10-19/h3-14,24-25H,1-2H3,(H,31,34)/t24-,25+/m0/s1. The number of anilines is 1. The van der Waals surface area contributed by atoms with Crippen molar-refractivity contribution in [3.63, 3.8) is 0 Å². The summed E-state index contributed by atoms with van der Waals surface area (Å²) in [6.45, 7) is 4.10. The number of aromatic nitrogens is 2. The highest BCUT2D eigenvalue weighted by atomic mass is 35.5. The molecule has 0 amide bonds. The molecule has 2 aromatic heterocycles. The van der Waals surface area contributed by atoms with Crippen molar-refractivity contribution in [1.29, 1.82) is 0 Å². The molecule has 0 unspecified atom stereocenters. The van der Waals surface area contributed by atoms with Gasteiger partial charge in [0.2, 0.25) is 0 Å². The molecule has 1 aliphatic rings. The Morgan fingerprint density at radius 2 is 1.76 bits per heavy atom. The van der Waals surface area contributed by atoms with Crippen LogP contribution >= 0.6 is 35.4 Å². The third-order valence-corrected chi connectivity index (χ3v) is 6.99. The van der Waals surface area contributed by atoms with Gasteiger partial charge in [0.05, 0.1) is 28.5 Å². The molecule has 1 saturated heterocycles. The predicted octanol–water partition coefficient (Wildman–Crippen LogP) is 7.11. The number of benzene rings is 2. The molecule has 1 fully saturated rings. The molecule has 2 atom stereocenters. The molecule has 4 aromatic rings. The van der Waals surface area contributed by atoms with Crippen LogP contribution in [0.25, 0.3) is 5.69 Å². The Bertz CT molecular complexity index is 1370. The Kier molecular flexibility index (Phi) is 6.06. The van der Waals surface area contributed by atoms with Gasteiger partial charge in [0.1, 0.15) is 5.82 Å². The van der Waals surface area contributed by atoms with Gasteiger partial charge >= 0.3 is 0 Å². The molecule has 0 aliphatic carbocycles. The summed E-state index contributed by atoms with van der Waals surface area (Å²) in [6, 6.07) is 19.4. The van der Waals surface area contributed by atoms with Crippen molar-refractivity contribution in [2.75, 3.05) is 4.90 Å². The maximum Gasteiger partial charge on any atom is 0.174 e. The molecule has 8 heteroatoms. The van der Waals surface area contributed by atoms with Gasteiger partial charge in [-0.3, -0.25) is 4.98 Å². The summed E-state index contributed by atoms with van der Waals surface area (Å²) in [5, 5.41) is 5.15. The highest BCUT2D eigenvalue weighted by Crippen LogP contribution is 2.44. The molecular weight excluding hydrogens is 490 g/mol. The predicted molar refractivity (Wildman–Crippen MR) is 140 cm³/mol. The Morgan fingerprint density at radius 1 is 1.00 bits per heavy atom. The van der Waals surface area contributed by atoms with Gasteiger partial charge in [0, 0.05) is 28.3 Å². The first-order chi connectivity index (χ1) is 16.3. The van der Waals surface area contributed by atoms with E-state index in [1.807, 2.05) is 42.2 Å². The number of hydrogen-bond donors (Lipinski definition) is 1. The van der Waals surface area contributed by atoms with Crippen LogP contribution < -0.4 is 10.2 Å². The van der Waals surface area contributed by atoms with Crippen LogP contribution in [0.5, 0.6) is 0 Å². The summed E-state index contributed by atoms with van der Waals surface area (Å²) in [7, 11) is 0. The number of halogens is 3. The summed E-state index contributed by atoms with van der Waals surface area (Å²) in [4.78, 5) is 6.63. The second-order valence-electron chi connectivity index (χ2n) is 8.23. The first-order valence-electron chi connectivity index (χ1n) is 10.8. The molecule has 3 heterocycles. The lowest BCUT2D eigenvalue weighted by molar-refractivity contribution is 0.565. The summed E-state index contributed by atoms with van der Waals surface area (Å²) >= 11 is 18.5. The third-order valence-electron chi connectivity index (χ3n) is 6.14. The monoisotopic (exact) mass is 510 g/mol. The molecule has 4 nitrogen and oxygen atoms in total. The smallest absolute Gasteiger partial charge is 0.174 e. The van der Waals surface area contributed by atoms with E-state index in [0.717, 1.165) is 34.0 Å². The summed E-state index contributed by atoms with van der Waals surface area (Å²) in [6.07, 6.45) is 1.77. The van der Waals surface area contributed by atoms with Gasteiger partial charge in [-0.25, -0.2) is 4.39 Å². The number of nitrogens with one attached hydrogen (secondary N) is 1. The second kappa shape index (κ2) is 9.02. The zero-order chi connectivity index (χ0) is 24.0. The fourth-order valence-corrected chi connectivity index (χ4v) is 5.51. The SMILES string of the molecule is Cc1cc([C@@H]2[C@H](c3ccccn3)NC(=S)N2c2ccc(F)cc2)c(C)n1-c1ccc(Cl)cc1Cl. The van der Waals surface area contributed by atoms with Crippen molar-refractivity contribution in [2.24, 2.45) is 0 Å². The van der Waals surface area contributed by atoms with Gasteiger partial charge in [-0.05, 0) is 92.3 Å². The zero-order valence-corrected chi connectivity index (χ0v) is 20.8. The highest BCUT2D eigenvalue weighted by molar-refractivity contribution is 7.80. The van der Waals surface area contributed by atoms with Crippen LogP contribution in [0.15, 0.2) is 72.9 Å². The van der Waals surface area contributed by atoms with Crippen molar-refractivity contribution in [3.05, 3.63) is 111 Å². The normalized spacial score (nSPS) is 17.8. The van der Waals surface area contributed by atoms with Gasteiger partial charge in [-0.2, -0.15) is 0 Å². The van der Waals surface area contributed by atoms with Crippen LogP contribution in [0.3, 0.4) is 0 Å². The van der Waals surface area contributed by atoms with E-state index < -0.39 is 0 Å². The van der Waals surface area contributed by atoms with Gasteiger partial charge < -0.3 is 14.8 Å². The molecule has 0 radical (unpaired) electrons. The fourth-order valence-electron chi connectivity index (χ4n) is 4.67. The summed E-state index contributed by atoms with van der Waals surface area (Å²) in [5.74, 6) is -0.296.